The van der Waals surface area contributed by atoms with Crippen molar-refractivity contribution >= 4 is 33.8 Å². The van der Waals surface area contributed by atoms with E-state index in [9.17, 15) is 17.7 Å². The van der Waals surface area contributed by atoms with Crippen molar-refractivity contribution in [1.82, 2.24) is 4.98 Å². The smallest absolute Gasteiger partial charge is 0.421 e. The van der Waals surface area contributed by atoms with E-state index in [2.05, 4.69) is 9.71 Å². The second-order valence-electron chi connectivity index (χ2n) is 6.97. The van der Waals surface area contributed by atoms with Gasteiger partial charge in [-0.05, 0) is 42.3 Å². The molecule has 0 amide bonds. The van der Waals surface area contributed by atoms with E-state index in [1.807, 2.05) is 6.92 Å². The number of nitrogen functional groups attached to an aromatic ring is 1. The maximum Gasteiger partial charge on any atom is 0.421 e. The number of nitrogens with zero attached hydrogens (tertiary/aromatic N) is 1. The zero-order valence-corrected chi connectivity index (χ0v) is 17.6. The van der Waals surface area contributed by atoms with Gasteiger partial charge in [0.1, 0.15) is 46.6 Å². The highest BCUT2D eigenvalue weighted by Gasteiger charge is 2.23. The minimum absolute atomic E-state index is 0.0364. The fourth-order valence-electron chi connectivity index (χ4n) is 3.19. The molecule has 1 atom stereocenters. The first-order valence-corrected chi connectivity index (χ1v) is 10.6. The Bertz CT molecular complexity index is 1250. The fraction of sp³-hybridized carbons (Fsp3) is 0.136. The van der Waals surface area contributed by atoms with Crippen LogP contribution >= 0.6 is 0 Å². The molecule has 2 aromatic carbocycles. The molecular formula is C22H18F3N3O3S. The highest BCUT2D eigenvalue weighted by atomic mass is 32.2. The number of hydrogen-bond donors (Lipinski definition) is 2. The van der Waals surface area contributed by atoms with Gasteiger partial charge < -0.3 is 19.4 Å². The third-order valence-corrected chi connectivity index (χ3v) is 5.52. The van der Waals surface area contributed by atoms with Crippen molar-refractivity contribution in [3.8, 4) is 16.9 Å². The predicted octanol–water partition coefficient (Wildman–Crippen LogP) is 5.40. The Kier molecular flexibility index (Phi) is 6.15. The van der Waals surface area contributed by atoms with Crippen LogP contribution in [0.2, 0.25) is 0 Å². The van der Waals surface area contributed by atoms with Crippen LogP contribution < -0.4 is 15.2 Å². The van der Waals surface area contributed by atoms with Crippen molar-refractivity contribution < 1.29 is 26.9 Å². The Morgan fingerprint density at radius 3 is 2.69 bits per heavy atom. The van der Waals surface area contributed by atoms with Crippen LogP contribution in [0.5, 0.6) is 5.75 Å². The summed E-state index contributed by atoms with van der Waals surface area (Å²) in [7, 11) is 0. The summed E-state index contributed by atoms with van der Waals surface area (Å²) in [4.78, 5) is 4.17. The van der Waals surface area contributed by atoms with E-state index in [0.717, 1.165) is 5.56 Å². The summed E-state index contributed by atoms with van der Waals surface area (Å²) in [5.41, 5.74) is 9.49. The summed E-state index contributed by atoms with van der Waals surface area (Å²) < 4.78 is 64.2. The zero-order valence-electron chi connectivity index (χ0n) is 16.8. The molecule has 0 fully saturated rings. The third kappa shape index (κ3) is 4.46. The van der Waals surface area contributed by atoms with Gasteiger partial charge in [-0.1, -0.05) is 18.2 Å². The summed E-state index contributed by atoms with van der Waals surface area (Å²) in [5.74, 6) is -3.01. The average Bonchev–Trinajstić information content (AvgIpc) is 3.23. The van der Waals surface area contributed by atoms with Crippen molar-refractivity contribution in [3.05, 3.63) is 71.9 Å². The van der Waals surface area contributed by atoms with Crippen molar-refractivity contribution in [2.75, 3.05) is 10.5 Å². The quantitative estimate of drug-likeness (QED) is 0.358. The SMILES string of the molecule is Cc1cnc(N)c2c(-c3ccc(N[S+]([O-])C(F)F)c(OCc4ccc(F)cc4)c3)coc12. The standard InChI is InChI=1S/C22H18F3N3O3S/c1-12-9-27-21(26)19-16(11-31-20(12)19)14-4-7-17(28-32(29)22(24)25)18(8-14)30-10-13-2-5-15(23)6-3-13/h2-9,11,22,28H,10H2,1H3,(H2,26,27). The normalized spacial score (nSPS) is 12.3. The minimum atomic E-state index is -3.08. The first kappa shape index (κ1) is 21.8. The number of benzene rings is 2. The lowest BCUT2D eigenvalue weighted by molar-refractivity contribution is 0.236. The van der Waals surface area contributed by atoms with Crippen molar-refractivity contribution in [2.45, 2.75) is 19.3 Å². The van der Waals surface area contributed by atoms with Crippen LogP contribution in [0.3, 0.4) is 0 Å². The molecule has 0 saturated carbocycles. The number of furan rings is 1. The monoisotopic (exact) mass is 461 g/mol. The Balaban J connectivity index is 1.72. The Labute approximate surface area is 184 Å². The van der Waals surface area contributed by atoms with Crippen molar-refractivity contribution in [2.24, 2.45) is 0 Å². The van der Waals surface area contributed by atoms with E-state index in [4.69, 9.17) is 14.9 Å². The van der Waals surface area contributed by atoms with Gasteiger partial charge in [-0.25, -0.2) is 9.37 Å². The highest BCUT2D eigenvalue weighted by molar-refractivity contribution is 7.93. The highest BCUT2D eigenvalue weighted by Crippen LogP contribution is 2.39. The number of nitrogens with two attached hydrogens (primary N) is 1. The van der Waals surface area contributed by atoms with Crippen molar-refractivity contribution in [1.29, 1.82) is 0 Å². The van der Waals surface area contributed by atoms with Gasteiger partial charge >= 0.3 is 5.76 Å². The number of aromatic nitrogens is 1. The lowest BCUT2D eigenvalue weighted by Gasteiger charge is -2.16. The zero-order chi connectivity index (χ0) is 22.8. The topological polar surface area (TPSA) is 96.4 Å². The van der Waals surface area contributed by atoms with Crippen LogP contribution in [0.25, 0.3) is 22.1 Å². The van der Waals surface area contributed by atoms with Crippen molar-refractivity contribution in [3.63, 3.8) is 0 Å². The Hall–Kier alpha value is -3.37. The molecule has 0 aliphatic carbocycles. The number of nitrogens with one attached hydrogen (secondary N) is 1. The number of rotatable bonds is 7. The molecule has 0 aliphatic rings. The van der Waals surface area contributed by atoms with E-state index in [-0.39, 0.29) is 23.9 Å². The third-order valence-electron chi connectivity index (χ3n) is 4.78. The number of aryl methyl sites for hydroxylation is 1. The number of fused-ring (bicyclic) bond motifs is 1. The van der Waals surface area contributed by atoms with Crippen LogP contribution in [0.15, 0.2) is 59.3 Å². The van der Waals surface area contributed by atoms with Crippen LogP contribution in [-0.4, -0.2) is 15.3 Å². The molecule has 10 heteroatoms. The molecule has 4 aromatic rings. The van der Waals surface area contributed by atoms with E-state index < -0.39 is 22.9 Å². The molecule has 3 N–H and O–H groups in total. The second-order valence-corrected chi connectivity index (χ2v) is 8.12. The van der Waals surface area contributed by atoms with Gasteiger partial charge in [0.2, 0.25) is 0 Å². The van der Waals surface area contributed by atoms with Crippen LogP contribution in [0, 0.1) is 12.7 Å². The van der Waals surface area contributed by atoms with Crippen LogP contribution in [0.4, 0.5) is 24.7 Å². The van der Waals surface area contributed by atoms with E-state index in [0.29, 0.717) is 27.7 Å². The van der Waals surface area contributed by atoms with Gasteiger partial charge in [0.25, 0.3) is 0 Å². The molecule has 166 valence electrons. The summed E-state index contributed by atoms with van der Waals surface area (Å²) in [6.07, 6.45) is 3.13. The molecule has 2 aromatic heterocycles. The second kappa shape index (κ2) is 9.01. The average molecular weight is 461 g/mol. The van der Waals surface area contributed by atoms with Gasteiger partial charge in [0, 0.05) is 17.3 Å². The number of halogens is 3. The molecule has 32 heavy (non-hydrogen) atoms. The van der Waals surface area contributed by atoms with Crippen LogP contribution in [-0.2, 0) is 18.0 Å². The first-order chi connectivity index (χ1) is 15.3. The number of pyridine rings is 1. The molecule has 4 rings (SSSR count). The molecule has 0 spiro atoms. The molecule has 1 unspecified atom stereocenters. The summed E-state index contributed by atoms with van der Waals surface area (Å²) in [5, 5.41) is 0.617. The number of alkyl halides is 2. The number of anilines is 2. The Morgan fingerprint density at radius 2 is 1.97 bits per heavy atom. The molecule has 6 nitrogen and oxygen atoms in total. The first-order valence-electron chi connectivity index (χ1n) is 9.43. The maximum atomic E-state index is 13.2. The summed E-state index contributed by atoms with van der Waals surface area (Å²) >= 11 is -2.62. The molecule has 0 radical (unpaired) electrons. The number of ether oxygens (including phenoxy) is 1. The van der Waals surface area contributed by atoms with Gasteiger partial charge in [0.05, 0.1) is 11.6 Å². The largest absolute Gasteiger partial charge is 0.588 e. The summed E-state index contributed by atoms with van der Waals surface area (Å²) in [6.45, 7) is 1.88. The molecular weight excluding hydrogens is 443 g/mol. The number of hydrogen-bond acceptors (Lipinski definition) is 6. The van der Waals surface area contributed by atoms with E-state index in [1.54, 1.807) is 30.5 Å². The summed E-state index contributed by atoms with van der Waals surface area (Å²) in [6, 6.07) is 10.4. The van der Waals surface area contributed by atoms with E-state index >= 15 is 0 Å². The van der Waals surface area contributed by atoms with Gasteiger partial charge in [-0.15, -0.1) is 0 Å². The fourth-order valence-corrected chi connectivity index (χ4v) is 3.67. The molecule has 0 bridgehead atoms. The van der Waals surface area contributed by atoms with Crippen LogP contribution in [0.1, 0.15) is 11.1 Å². The molecule has 2 heterocycles. The predicted molar refractivity (Wildman–Crippen MR) is 117 cm³/mol. The minimum Gasteiger partial charge on any atom is -0.588 e. The lowest BCUT2D eigenvalue weighted by Crippen LogP contribution is -2.21. The van der Waals surface area contributed by atoms with E-state index in [1.165, 1.54) is 24.5 Å². The molecule has 0 aliphatic heterocycles. The molecule has 0 saturated heterocycles. The maximum absolute atomic E-state index is 13.2. The van der Waals surface area contributed by atoms with Gasteiger partial charge in [-0.3, -0.25) is 0 Å². The van der Waals surface area contributed by atoms with Gasteiger partial charge in [-0.2, -0.15) is 13.5 Å². The van der Waals surface area contributed by atoms with Gasteiger partial charge in [0.15, 0.2) is 0 Å². The lowest BCUT2D eigenvalue weighted by atomic mass is 10.0. The Morgan fingerprint density at radius 1 is 1.22 bits per heavy atom.